The van der Waals surface area contributed by atoms with Gasteiger partial charge in [-0.25, -0.2) is 9.59 Å². The number of hydrogen-bond donors (Lipinski definition) is 4. The first-order valence-corrected chi connectivity index (χ1v) is 7.44. The summed E-state index contributed by atoms with van der Waals surface area (Å²) in [6.45, 7) is 2.75. The molecule has 7 nitrogen and oxygen atoms in total. The van der Waals surface area contributed by atoms with Crippen LogP contribution in [0, 0.1) is 11.8 Å². The van der Waals surface area contributed by atoms with Crippen molar-refractivity contribution >= 4 is 17.9 Å². The number of nitrogens with one attached hydrogen (secondary N) is 2. The van der Waals surface area contributed by atoms with Gasteiger partial charge < -0.3 is 21.5 Å². The Kier molecular flexibility index (Phi) is 6.98. The van der Waals surface area contributed by atoms with E-state index in [1.807, 2.05) is 0 Å². The van der Waals surface area contributed by atoms with E-state index in [1.54, 1.807) is 0 Å². The van der Waals surface area contributed by atoms with E-state index in [4.69, 9.17) is 10.8 Å². The van der Waals surface area contributed by atoms with Crippen molar-refractivity contribution in [2.75, 3.05) is 6.54 Å². The Balaban J connectivity index is 2.26. The van der Waals surface area contributed by atoms with Crippen molar-refractivity contribution in [2.24, 2.45) is 17.6 Å². The second kappa shape index (κ2) is 8.49. The Hall–Kier alpha value is -1.79. The highest BCUT2D eigenvalue weighted by Gasteiger charge is 2.22. The molecule has 0 spiro atoms. The van der Waals surface area contributed by atoms with E-state index in [0.29, 0.717) is 12.5 Å². The number of carboxylic acid groups (broad SMARTS) is 1. The molecule has 1 fully saturated rings. The molecular formula is C14H25N3O4. The number of hydrogen-bond acceptors (Lipinski definition) is 3. The summed E-state index contributed by atoms with van der Waals surface area (Å²) in [6, 6.07) is -1.86. The van der Waals surface area contributed by atoms with Gasteiger partial charge in [-0.2, -0.15) is 0 Å². The van der Waals surface area contributed by atoms with Gasteiger partial charge in [0.1, 0.15) is 6.04 Å². The summed E-state index contributed by atoms with van der Waals surface area (Å²) in [5.74, 6) is -0.677. The molecule has 0 aromatic rings. The Morgan fingerprint density at radius 1 is 1.33 bits per heavy atom. The molecule has 0 heterocycles. The lowest BCUT2D eigenvalue weighted by Crippen LogP contribution is -2.48. The van der Waals surface area contributed by atoms with E-state index in [-0.39, 0.29) is 0 Å². The fraction of sp³-hybridized carbons (Fsp3) is 0.786. The van der Waals surface area contributed by atoms with Gasteiger partial charge >= 0.3 is 12.0 Å². The van der Waals surface area contributed by atoms with Crippen LogP contribution in [-0.4, -0.2) is 35.6 Å². The molecular weight excluding hydrogens is 274 g/mol. The lowest BCUT2D eigenvalue weighted by atomic mass is 9.81. The number of primary amides is 1. The molecule has 1 rings (SSSR count). The van der Waals surface area contributed by atoms with Crippen LogP contribution < -0.4 is 16.4 Å². The van der Waals surface area contributed by atoms with Gasteiger partial charge in [-0.3, -0.25) is 4.79 Å². The summed E-state index contributed by atoms with van der Waals surface area (Å²) in [5, 5.41) is 13.8. The highest BCUT2D eigenvalue weighted by atomic mass is 16.4. The topological polar surface area (TPSA) is 122 Å². The maximum Gasteiger partial charge on any atom is 0.326 e. The van der Waals surface area contributed by atoms with E-state index >= 15 is 0 Å². The zero-order chi connectivity index (χ0) is 15.8. The number of urea groups is 1. The summed E-state index contributed by atoms with van der Waals surface area (Å²) in [6.07, 6.45) is 5.36. The monoisotopic (exact) mass is 299 g/mol. The second-order valence-electron chi connectivity index (χ2n) is 5.89. The average Bonchev–Trinajstić information content (AvgIpc) is 2.37. The van der Waals surface area contributed by atoms with E-state index in [1.165, 1.54) is 25.7 Å². The smallest absolute Gasteiger partial charge is 0.326 e. The quantitative estimate of drug-likeness (QED) is 0.556. The molecule has 120 valence electrons. The molecule has 0 saturated heterocycles. The maximum atomic E-state index is 11.6. The SMILES string of the molecule is CC1CCCC(CCNC(=O)NC(CC(N)=O)C(=O)O)C1. The summed E-state index contributed by atoms with van der Waals surface area (Å²) < 4.78 is 0. The lowest BCUT2D eigenvalue weighted by molar-refractivity contribution is -0.140. The molecule has 21 heavy (non-hydrogen) atoms. The third-order valence-electron chi connectivity index (χ3n) is 3.89. The van der Waals surface area contributed by atoms with Crippen molar-refractivity contribution in [3.8, 4) is 0 Å². The minimum Gasteiger partial charge on any atom is -0.480 e. The Labute approximate surface area is 124 Å². The van der Waals surface area contributed by atoms with Crippen LogP contribution in [0.5, 0.6) is 0 Å². The largest absolute Gasteiger partial charge is 0.480 e. The van der Waals surface area contributed by atoms with Crippen LogP contribution >= 0.6 is 0 Å². The third-order valence-corrected chi connectivity index (χ3v) is 3.89. The zero-order valence-corrected chi connectivity index (χ0v) is 12.4. The minimum atomic E-state index is -1.28. The fourth-order valence-corrected chi connectivity index (χ4v) is 2.82. The second-order valence-corrected chi connectivity index (χ2v) is 5.89. The molecule has 0 aromatic carbocycles. The van der Waals surface area contributed by atoms with Gasteiger partial charge in [0.25, 0.3) is 0 Å². The van der Waals surface area contributed by atoms with E-state index < -0.39 is 30.4 Å². The van der Waals surface area contributed by atoms with Gasteiger partial charge in [0.15, 0.2) is 0 Å². The predicted octanol–water partition coefficient (Wildman–Crippen LogP) is 0.831. The molecule has 3 amide bonds. The number of carboxylic acids is 1. The van der Waals surface area contributed by atoms with Crippen molar-refractivity contribution in [1.29, 1.82) is 0 Å². The molecule has 0 bridgehead atoms. The number of aliphatic carboxylic acids is 1. The fourth-order valence-electron chi connectivity index (χ4n) is 2.82. The molecule has 7 heteroatoms. The minimum absolute atomic E-state index is 0.414. The van der Waals surface area contributed by atoms with Crippen molar-refractivity contribution in [3.63, 3.8) is 0 Å². The van der Waals surface area contributed by atoms with Gasteiger partial charge in [0.05, 0.1) is 6.42 Å². The van der Waals surface area contributed by atoms with Gasteiger partial charge in [-0.05, 0) is 24.7 Å². The third kappa shape index (κ3) is 6.97. The molecule has 5 N–H and O–H groups in total. The van der Waals surface area contributed by atoms with E-state index in [2.05, 4.69) is 17.6 Å². The molecule has 1 aliphatic rings. The molecule has 1 saturated carbocycles. The van der Waals surface area contributed by atoms with Crippen LogP contribution in [0.3, 0.4) is 0 Å². The first kappa shape index (κ1) is 17.3. The van der Waals surface area contributed by atoms with Crippen LogP contribution in [0.25, 0.3) is 0 Å². The van der Waals surface area contributed by atoms with Crippen molar-refractivity contribution in [3.05, 3.63) is 0 Å². The molecule has 3 unspecified atom stereocenters. The van der Waals surface area contributed by atoms with Crippen molar-refractivity contribution in [2.45, 2.75) is 51.5 Å². The first-order valence-electron chi connectivity index (χ1n) is 7.44. The number of nitrogens with two attached hydrogens (primary N) is 1. The van der Waals surface area contributed by atoms with Crippen LogP contribution in [0.4, 0.5) is 4.79 Å². The summed E-state index contributed by atoms with van der Waals surface area (Å²) in [5.41, 5.74) is 4.94. The lowest BCUT2D eigenvalue weighted by Gasteiger charge is -2.26. The van der Waals surface area contributed by atoms with Crippen molar-refractivity contribution < 1.29 is 19.5 Å². The van der Waals surface area contributed by atoms with Crippen LogP contribution in [0.1, 0.15) is 45.4 Å². The molecule has 0 radical (unpaired) electrons. The molecule has 0 aromatic heterocycles. The first-order chi connectivity index (χ1) is 9.88. The number of carbonyl (C=O) groups is 3. The molecule has 3 atom stereocenters. The average molecular weight is 299 g/mol. The Morgan fingerprint density at radius 2 is 2.05 bits per heavy atom. The van der Waals surface area contributed by atoms with Gasteiger partial charge in [-0.1, -0.05) is 26.2 Å². The van der Waals surface area contributed by atoms with Crippen LogP contribution in [-0.2, 0) is 9.59 Å². The maximum absolute atomic E-state index is 11.6. The Morgan fingerprint density at radius 3 is 2.62 bits per heavy atom. The van der Waals surface area contributed by atoms with E-state index in [0.717, 1.165) is 12.3 Å². The summed E-state index contributed by atoms with van der Waals surface area (Å²) in [7, 11) is 0. The summed E-state index contributed by atoms with van der Waals surface area (Å²) in [4.78, 5) is 33.2. The van der Waals surface area contributed by atoms with Crippen molar-refractivity contribution in [1.82, 2.24) is 10.6 Å². The van der Waals surface area contributed by atoms with Crippen LogP contribution in [0.2, 0.25) is 0 Å². The zero-order valence-electron chi connectivity index (χ0n) is 12.4. The summed E-state index contributed by atoms with van der Waals surface area (Å²) >= 11 is 0. The Bertz CT molecular complexity index is 386. The van der Waals surface area contributed by atoms with Gasteiger partial charge in [0.2, 0.25) is 5.91 Å². The van der Waals surface area contributed by atoms with Gasteiger partial charge in [0, 0.05) is 6.54 Å². The standard InChI is InChI=1S/C14H25N3O4/c1-9-3-2-4-10(7-9)5-6-16-14(21)17-11(13(19)20)8-12(15)18/h9-11H,2-8H2,1H3,(H2,15,18)(H,19,20)(H2,16,17,21). The van der Waals surface area contributed by atoms with Crippen LogP contribution in [0.15, 0.2) is 0 Å². The number of amides is 3. The highest BCUT2D eigenvalue weighted by molar-refractivity contribution is 5.87. The van der Waals surface area contributed by atoms with E-state index in [9.17, 15) is 14.4 Å². The molecule has 0 aliphatic heterocycles. The number of carbonyl (C=O) groups excluding carboxylic acids is 2. The normalized spacial score (nSPS) is 23.1. The van der Waals surface area contributed by atoms with Gasteiger partial charge in [-0.15, -0.1) is 0 Å². The highest BCUT2D eigenvalue weighted by Crippen LogP contribution is 2.30. The molecule has 1 aliphatic carbocycles. The predicted molar refractivity (Wildman–Crippen MR) is 77.5 cm³/mol. The number of rotatable bonds is 7.